The molecule has 190 valence electrons. The van der Waals surface area contributed by atoms with Crippen LogP contribution in [-0.2, 0) is 4.74 Å². The van der Waals surface area contributed by atoms with Crippen LogP contribution in [0.25, 0.3) is 0 Å². The Labute approximate surface area is 207 Å². The van der Waals surface area contributed by atoms with Gasteiger partial charge in [0.25, 0.3) is 0 Å². The highest BCUT2D eigenvalue weighted by atomic mass is 16.6. The van der Waals surface area contributed by atoms with E-state index in [9.17, 15) is 5.11 Å². The first-order valence-corrected chi connectivity index (χ1v) is 12.6. The molecule has 3 rings (SSSR count). The average Bonchev–Trinajstić information content (AvgIpc) is 3.33. The molecular formula is C30H46O4. The summed E-state index contributed by atoms with van der Waals surface area (Å²) in [5.74, 6) is 6.27. The van der Waals surface area contributed by atoms with Gasteiger partial charge in [-0.2, -0.15) is 0 Å². The van der Waals surface area contributed by atoms with Gasteiger partial charge in [-0.05, 0) is 77.5 Å². The molecule has 3 N–H and O–H groups in total. The van der Waals surface area contributed by atoms with Gasteiger partial charge < -0.3 is 20.1 Å². The molecule has 3 unspecified atom stereocenters. The summed E-state index contributed by atoms with van der Waals surface area (Å²) in [6.07, 6.45) is 12.7. The van der Waals surface area contributed by atoms with E-state index in [1.165, 1.54) is 18.4 Å². The van der Waals surface area contributed by atoms with E-state index in [4.69, 9.17) is 14.9 Å². The Kier molecular flexibility index (Phi) is 9.22. The third-order valence-corrected chi connectivity index (χ3v) is 7.76. The van der Waals surface area contributed by atoms with Crippen LogP contribution in [0.1, 0.15) is 87.5 Å². The second-order valence-corrected chi connectivity index (χ2v) is 11.7. The number of aliphatic hydroxyl groups is 3. The standard InChI is InChI=1S/C15H24O2.C15H22O2/c1-12(7-11-16)6-10-15-13(2,3)8-5-9-14(15,4)17-15;1-11(7-8-16)5-6-14-12(2)9-13(17)10-15(14,3)4/h6-7,10,16H,5,8-9,11H2,1-4H3;7,13,16-17H,8-10H2,1-4H3/b10-6+,12-7-;11-7+. The first kappa shape index (κ1) is 28.6. The number of hydrogen-bond acceptors (Lipinski definition) is 4. The highest BCUT2D eigenvalue weighted by Gasteiger charge is 2.73. The smallest absolute Gasteiger partial charge is 0.121 e. The van der Waals surface area contributed by atoms with E-state index in [2.05, 4.69) is 58.6 Å². The van der Waals surface area contributed by atoms with Crippen LogP contribution in [0.5, 0.6) is 0 Å². The molecule has 4 heteroatoms. The van der Waals surface area contributed by atoms with Crippen LogP contribution < -0.4 is 0 Å². The van der Waals surface area contributed by atoms with E-state index in [0.717, 1.165) is 36.0 Å². The molecule has 4 nitrogen and oxygen atoms in total. The van der Waals surface area contributed by atoms with Crippen molar-refractivity contribution in [3.63, 3.8) is 0 Å². The largest absolute Gasteiger partial charge is 0.393 e. The molecule has 0 radical (unpaired) electrons. The number of ether oxygens (including phenoxy) is 1. The van der Waals surface area contributed by atoms with Crippen LogP contribution in [-0.4, -0.2) is 45.8 Å². The topological polar surface area (TPSA) is 73.2 Å². The molecule has 1 heterocycles. The van der Waals surface area contributed by atoms with Gasteiger partial charge in [0.15, 0.2) is 0 Å². The van der Waals surface area contributed by atoms with Crippen molar-refractivity contribution in [3.8, 4) is 11.8 Å². The van der Waals surface area contributed by atoms with Gasteiger partial charge >= 0.3 is 0 Å². The lowest BCUT2D eigenvalue weighted by atomic mass is 9.64. The van der Waals surface area contributed by atoms with Gasteiger partial charge in [0.1, 0.15) is 5.60 Å². The lowest BCUT2D eigenvalue weighted by molar-refractivity contribution is 0.117. The molecule has 3 aliphatic rings. The summed E-state index contributed by atoms with van der Waals surface area (Å²) < 4.78 is 6.12. The average molecular weight is 471 g/mol. The second kappa shape index (κ2) is 11.0. The molecular weight excluding hydrogens is 424 g/mol. The van der Waals surface area contributed by atoms with Crippen molar-refractivity contribution in [1.82, 2.24) is 0 Å². The van der Waals surface area contributed by atoms with Crippen molar-refractivity contribution in [2.24, 2.45) is 10.8 Å². The Hall–Kier alpha value is -1.64. The van der Waals surface area contributed by atoms with Crippen molar-refractivity contribution < 1.29 is 20.1 Å². The van der Waals surface area contributed by atoms with Crippen LogP contribution in [0.2, 0.25) is 0 Å². The van der Waals surface area contributed by atoms with Crippen LogP contribution in [0.4, 0.5) is 0 Å². The van der Waals surface area contributed by atoms with E-state index >= 15 is 0 Å². The summed E-state index contributed by atoms with van der Waals surface area (Å²) in [7, 11) is 0. The predicted molar refractivity (Wildman–Crippen MR) is 140 cm³/mol. The maximum absolute atomic E-state index is 9.77. The first-order chi connectivity index (χ1) is 15.7. The molecule has 3 atom stereocenters. The zero-order valence-electron chi connectivity index (χ0n) is 22.6. The summed E-state index contributed by atoms with van der Waals surface area (Å²) in [5.41, 5.74) is 4.37. The van der Waals surface area contributed by atoms with E-state index in [1.807, 2.05) is 26.8 Å². The maximum atomic E-state index is 9.77. The Morgan fingerprint density at radius 1 is 1.06 bits per heavy atom. The fourth-order valence-electron chi connectivity index (χ4n) is 5.79. The lowest BCUT2D eigenvalue weighted by Crippen LogP contribution is -2.41. The van der Waals surface area contributed by atoms with Crippen molar-refractivity contribution in [3.05, 3.63) is 46.6 Å². The fraction of sp³-hybridized carbons (Fsp3) is 0.667. The number of epoxide rings is 1. The molecule has 34 heavy (non-hydrogen) atoms. The quantitative estimate of drug-likeness (QED) is 0.282. The van der Waals surface area contributed by atoms with Gasteiger partial charge in [-0.15, -0.1) is 0 Å². The molecule has 2 aliphatic carbocycles. The minimum atomic E-state index is -0.246. The van der Waals surface area contributed by atoms with Gasteiger partial charge in [-0.1, -0.05) is 62.8 Å². The van der Waals surface area contributed by atoms with E-state index < -0.39 is 0 Å². The Morgan fingerprint density at radius 2 is 1.71 bits per heavy atom. The van der Waals surface area contributed by atoms with Gasteiger partial charge in [-0.25, -0.2) is 0 Å². The van der Waals surface area contributed by atoms with Crippen LogP contribution in [0.3, 0.4) is 0 Å². The van der Waals surface area contributed by atoms with Gasteiger partial charge in [0, 0.05) is 16.4 Å². The molecule has 2 fully saturated rings. The van der Waals surface area contributed by atoms with Crippen molar-refractivity contribution in [2.45, 2.75) is 105 Å². The molecule has 0 aromatic carbocycles. The van der Waals surface area contributed by atoms with Crippen molar-refractivity contribution in [2.75, 3.05) is 13.2 Å². The third kappa shape index (κ3) is 6.32. The van der Waals surface area contributed by atoms with Crippen LogP contribution >= 0.6 is 0 Å². The predicted octanol–water partition coefficient (Wildman–Crippen LogP) is 5.64. The SMILES string of the molecule is CC(=C/CO)/C=C/C12OC1(C)CCCC2(C)C.CC1=C(C#C/C(C)=C/CO)C(C)(C)CC(O)C1. The Morgan fingerprint density at radius 3 is 2.26 bits per heavy atom. The summed E-state index contributed by atoms with van der Waals surface area (Å²) in [6.45, 7) is 17.1. The molecule has 1 saturated heterocycles. The summed E-state index contributed by atoms with van der Waals surface area (Å²) in [4.78, 5) is 0. The summed E-state index contributed by atoms with van der Waals surface area (Å²) in [6, 6.07) is 0. The maximum Gasteiger partial charge on any atom is 0.121 e. The first-order valence-electron chi connectivity index (χ1n) is 12.6. The molecule has 1 saturated carbocycles. The van der Waals surface area contributed by atoms with E-state index in [1.54, 1.807) is 6.08 Å². The van der Waals surface area contributed by atoms with E-state index in [-0.39, 0.29) is 41.3 Å². The second-order valence-electron chi connectivity index (χ2n) is 11.7. The molecule has 0 bridgehead atoms. The normalized spacial score (nSPS) is 32.4. The summed E-state index contributed by atoms with van der Waals surface area (Å²) in [5, 5.41) is 27.4. The van der Waals surface area contributed by atoms with E-state index in [0.29, 0.717) is 0 Å². The van der Waals surface area contributed by atoms with Crippen molar-refractivity contribution >= 4 is 0 Å². The molecule has 0 aromatic heterocycles. The molecule has 0 amide bonds. The van der Waals surface area contributed by atoms with Gasteiger partial charge in [0.2, 0.25) is 0 Å². The Balaban J connectivity index is 0.000000240. The van der Waals surface area contributed by atoms with Gasteiger partial charge in [-0.3, -0.25) is 0 Å². The highest BCUT2D eigenvalue weighted by molar-refractivity contribution is 5.44. The number of allylic oxidation sites excluding steroid dienone is 4. The summed E-state index contributed by atoms with van der Waals surface area (Å²) >= 11 is 0. The Bertz CT molecular complexity index is 921. The molecule has 0 spiro atoms. The van der Waals surface area contributed by atoms with Crippen molar-refractivity contribution in [1.29, 1.82) is 0 Å². The van der Waals surface area contributed by atoms with Gasteiger partial charge in [0.05, 0.1) is 24.9 Å². The third-order valence-electron chi connectivity index (χ3n) is 7.76. The highest BCUT2D eigenvalue weighted by Crippen LogP contribution is 2.66. The molecule has 1 aliphatic heterocycles. The van der Waals surface area contributed by atoms with Crippen LogP contribution in [0.15, 0.2) is 46.6 Å². The monoisotopic (exact) mass is 470 g/mol. The number of rotatable bonds is 4. The lowest BCUT2D eigenvalue weighted by Gasteiger charge is -2.36. The van der Waals surface area contributed by atoms with Crippen LogP contribution in [0, 0.1) is 22.7 Å². The minimum Gasteiger partial charge on any atom is -0.393 e. The number of hydrogen-bond donors (Lipinski definition) is 3. The zero-order valence-corrected chi connectivity index (χ0v) is 22.6. The zero-order chi connectivity index (χ0) is 25.8. The number of aliphatic hydroxyl groups excluding tert-OH is 3. The number of fused-ring (bicyclic) bond motifs is 1. The molecule has 0 aromatic rings. The fourth-order valence-corrected chi connectivity index (χ4v) is 5.79. The minimum absolute atomic E-state index is 0.0284.